The number of nitro groups is 1. The van der Waals surface area contributed by atoms with Gasteiger partial charge in [0.15, 0.2) is 0 Å². The Labute approximate surface area is 170 Å². The molecule has 1 heterocycles. The molecule has 2 aromatic carbocycles. The molecule has 28 heavy (non-hydrogen) atoms. The molecule has 1 aliphatic rings. The summed E-state index contributed by atoms with van der Waals surface area (Å²) in [6.45, 7) is 3.59. The number of carbonyl (C=O) groups is 1. The standard InChI is InChI=1S/C20H18BrN3O4/c1-4-19(25)23-12(2)9-14-10-17(21)18(28-3)11-16(14)20(22-23)13-5-7-15(8-6-13)24(26)27/h5-11H,4H2,1-3H3. The summed E-state index contributed by atoms with van der Waals surface area (Å²) < 4.78 is 6.19. The molecule has 0 radical (unpaired) electrons. The molecule has 7 nitrogen and oxygen atoms in total. The number of allylic oxidation sites excluding steroid dienone is 1. The lowest BCUT2D eigenvalue weighted by Gasteiger charge is -2.17. The van der Waals surface area contributed by atoms with Crippen molar-refractivity contribution in [3.63, 3.8) is 0 Å². The number of rotatable bonds is 4. The van der Waals surface area contributed by atoms with Crippen LogP contribution in [0, 0.1) is 10.1 Å². The second-order valence-electron chi connectivity index (χ2n) is 6.17. The normalized spacial score (nSPS) is 13.2. The molecule has 0 aliphatic carbocycles. The topological polar surface area (TPSA) is 85.0 Å². The number of nitro benzene ring substituents is 1. The summed E-state index contributed by atoms with van der Waals surface area (Å²) in [5.74, 6) is 0.474. The van der Waals surface area contributed by atoms with Crippen molar-refractivity contribution in [3.8, 4) is 5.75 Å². The van der Waals surface area contributed by atoms with Crippen LogP contribution < -0.4 is 4.74 Å². The van der Waals surface area contributed by atoms with Gasteiger partial charge in [0.05, 0.1) is 22.2 Å². The smallest absolute Gasteiger partial charge is 0.269 e. The van der Waals surface area contributed by atoms with E-state index >= 15 is 0 Å². The summed E-state index contributed by atoms with van der Waals surface area (Å²) in [5, 5.41) is 17.0. The fourth-order valence-corrected chi connectivity index (χ4v) is 3.45. The van der Waals surface area contributed by atoms with Gasteiger partial charge in [-0.15, -0.1) is 0 Å². The molecule has 2 aromatic rings. The molecule has 8 heteroatoms. The van der Waals surface area contributed by atoms with Crippen molar-refractivity contribution in [2.45, 2.75) is 20.3 Å². The van der Waals surface area contributed by atoms with Crippen molar-refractivity contribution in [2.75, 3.05) is 7.11 Å². The molecule has 0 unspecified atom stereocenters. The predicted molar refractivity (Wildman–Crippen MR) is 110 cm³/mol. The summed E-state index contributed by atoms with van der Waals surface area (Å²) in [7, 11) is 1.57. The van der Waals surface area contributed by atoms with Crippen molar-refractivity contribution < 1.29 is 14.5 Å². The Morgan fingerprint density at radius 3 is 2.54 bits per heavy atom. The fourth-order valence-electron chi connectivity index (χ4n) is 2.93. The van der Waals surface area contributed by atoms with Crippen molar-refractivity contribution in [3.05, 3.63) is 73.4 Å². The van der Waals surface area contributed by atoms with Gasteiger partial charge in [-0.1, -0.05) is 6.92 Å². The highest BCUT2D eigenvalue weighted by Crippen LogP contribution is 2.33. The Hall–Kier alpha value is -3.00. The van der Waals surface area contributed by atoms with E-state index in [2.05, 4.69) is 21.0 Å². The number of amides is 1. The Morgan fingerprint density at radius 2 is 1.96 bits per heavy atom. The minimum Gasteiger partial charge on any atom is -0.496 e. The number of hydrazone groups is 1. The van der Waals surface area contributed by atoms with E-state index < -0.39 is 4.92 Å². The van der Waals surface area contributed by atoms with Gasteiger partial charge >= 0.3 is 0 Å². The Morgan fingerprint density at radius 1 is 1.29 bits per heavy atom. The highest BCUT2D eigenvalue weighted by atomic mass is 79.9. The molecular weight excluding hydrogens is 426 g/mol. The number of hydrogen-bond acceptors (Lipinski definition) is 5. The van der Waals surface area contributed by atoms with Gasteiger partial charge in [0.25, 0.3) is 5.69 Å². The first-order chi connectivity index (χ1) is 13.3. The number of methoxy groups -OCH3 is 1. The van der Waals surface area contributed by atoms with E-state index in [1.54, 1.807) is 26.2 Å². The van der Waals surface area contributed by atoms with Crippen molar-refractivity contribution in [1.29, 1.82) is 0 Å². The summed E-state index contributed by atoms with van der Waals surface area (Å²) in [6, 6.07) is 9.84. The third-order valence-electron chi connectivity index (χ3n) is 4.37. The molecule has 1 amide bonds. The summed E-state index contributed by atoms with van der Waals surface area (Å²) in [6.07, 6.45) is 2.18. The maximum atomic E-state index is 12.4. The Bertz CT molecular complexity index is 1010. The number of non-ortho nitro benzene ring substituents is 1. The van der Waals surface area contributed by atoms with E-state index in [-0.39, 0.29) is 11.6 Å². The predicted octanol–water partition coefficient (Wildman–Crippen LogP) is 4.73. The van der Waals surface area contributed by atoms with Crippen LogP contribution in [0.5, 0.6) is 5.75 Å². The van der Waals surface area contributed by atoms with Crippen LogP contribution in [0.1, 0.15) is 37.0 Å². The van der Waals surface area contributed by atoms with E-state index in [9.17, 15) is 14.9 Å². The number of carbonyl (C=O) groups excluding carboxylic acids is 1. The van der Waals surface area contributed by atoms with Crippen LogP contribution in [-0.4, -0.2) is 28.7 Å². The molecule has 0 N–H and O–H groups in total. The number of hydrogen-bond donors (Lipinski definition) is 0. The summed E-state index contributed by atoms with van der Waals surface area (Å²) in [5.41, 5.74) is 3.48. The van der Waals surface area contributed by atoms with E-state index in [0.717, 1.165) is 15.6 Å². The zero-order valence-electron chi connectivity index (χ0n) is 15.6. The molecule has 0 atom stereocenters. The SMILES string of the molecule is CCC(=O)N1N=C(c2ccc([N+](=O)[O-])cc2)c2cc(OC)c(Br)cc2C=C1C. The van der Waals surface area contributed by atoms with Gasteiger partial charge in [0.2, 0.25) is 5.91 Å². The van der Waals surface area contributed by atoms with Gasteiger partial charge in [-0.3, -0.25) is 14.9 Å². The van der Waals surface area contributed by atoms with Gasteiger partial charge < -0.3 is 4.74 Å². The lowest BCUT2D eigenvalue weighted by atomic mass is 9.96. The molecule has 0 saturated carbocycles. The molecule has 144 valence electrons. The van der Waals surface area contributed by atoms with Gasteiger partial charge in [-0.2, -0.15) is 5.10 Å². The minimum atomic E-state index is -0.453. The van der Waals surface area contributed by atoms with Gasteiger partial charge in [-0.25, -0.2) is 5.01 Å². The Kier molecular flexibility index (Phi) is 5.60. The monoisotopic (exact) mass is 443 g/mol. The highest BCUT2D eigenvalue weighted by Gasteiger charge is 2.23. The number of halogens is 1. The van der Waals surface area contributed by atoms with Crippen LogP contribution in [0.3, 0.4) is 0 Å². The minimum absolute atomic E-state index is 0.0117. The number of benzene rings is 2. The molecule has 0 spiro atoms. The lowest BCUT2D eigenvalue weighted by molar-refractivity contribution is -0.384. The van der Waals surface area contributed by atoms with Gasteiger partial charge in [-0.05, 0) is 58.8 Å². The summed E-state index contributed by atoms with van der Waals surface area (Å²) >= 11 is 3.49. The maximum Gasteiger partial charge on any atom is 0.269 e. The fraction of sp³-hybridized carbons (Fsp3) is 0.200. The van der Waals surface area contributed by atoms with Crippen molar-refractivity contribution in [2.24, 2.45) is 5.10 Å². The number of nitrogens with zero attached hydrogens (tertiary/aromatic N) is 3. The zero-order chi connectivity index (χ0) is 20.4. The first-order valence-electron chi connectivity index (χ1n) is 8.58. The average molecular weight is 444 g/mol. The number of fused-ring (bicyclic) bond motifs is 1. The lowest BCUT2D eigenvalue weighted by Crippen LogP contribution is -2.24. The number of ether oxygens (including phenoxy) is 1. The third-order valence-corrected chi connectivity index (χ3v) is 4.99. The molecule has 1 aliphatic heterocycles. The van der Waals surface area contributed by atoms with Crippen LogP contribution >= 0.6 is 15.9 Å². The Balaban J connectivity index is 2.25. The molecule has 3 rings (SSSR count). The van der Waals surface area contributed by atoms with Gasteiger partial charge in [0.1, 0.15) is 5.75 Å². The first-order valence-corrected chi connectivity index (χ1v) is 9.37. The quantitative estimate of drug-likeness (QED) is 0.504. The van der Waals surface area contributed by atoms with E-state index in [4.69, 9.17) is 4.74 Å². The first kappa shape index (κ1) is 19.8. The molecule has 0 fully saturated rings. The van der Waals surface area contributed by atoms with E-state index in [1.165, 1.54) is 17.1 Å². The molecule has 0 saturated heterocycles. The van der Waals surface area contributed by atoms with Crippen LogP contribution in [0.2, 0.25) is 0 Å². The second kappa shape index (κ2) is 7.93. The molecular formula is C20H18BrN3O4. The third kappa shape index (κ3) is 3.68. The van der Waals surface area contributed by atoms with E-state index in [1.807, 2.05) is 25.1 Å². The second-order valence-corrected chi connectivity index (χ2v) is 7.03. The summed E-state index contributed by atoms with van der Waals surface area (Å²) in [4.78, 5) is 23.0. The van der Waals surface area contributed by atoms with Crippen LogP contribution in [-0.2, 0) is 4.79 Å². The van der Waals surface area contributed by atoms with Crippen molar-refractivity contribution >= 4 is 39.3 Å². The highest BCUT2D eigenvalue weighted by molar-refractivity contribution is 9.10. The maximum absolute atomic E-state index is 12.4. The van der Waals surface area contributed by atoms with E-state index in [0.29, 0.717) is 29.1 Å². The zero-order valence-corrected chi connectivity index (χ0v) is 17.2. The van der Waals surface area contributed by atoms with Crippen LogP contribution in [0.25, 0.3) is 6.08 Å². The molecule has 0 aromatic heterocycles. The van der Waals surface area contributed by atoms with Crippen LogP contribution in [0.4, 0.5) is 5.69 Å². The van der Waals surface area contributed by atoms with Gasteiger partial charge in [0, 0.05) is 35.4 Å². The van der Waals surface area contributed by atoms with Crippen molar-refractivity contribution in [1.82, 2.24) is 5.01 Å². The molecule has 0 bridgehead atoms. The largest absolute Gasteiger partial charge is 0.496 e. The average Bonchev–Trinajstić information content (AvgIpc) is 2.82. The van der Waals surface area contributed by atoms with Crippen LogP contribution in [0.15, 0.2) is 51.7 Å².